The predicted molar refractivity (Wildman–Crippen MR) is 137 cm³/mol. The molecule has 0 bridgehead atoms. The van der Waals surface area contributed by atoms with Crippen molar-refractivity contribution in [1.82, 2.24) is 15.5 Å². The first-order chi connectivity index (χ1) is 17.4. The highest BCUT2D eigenvalue weighted by atomic mass is 16.5. The smallest absolute Gasteiger partial charge is 0.357 e. The van der Waals surface area contributed by atoms with Gasteiger partial charge in [-0.1, -0.05) is 68.4 Å². The number of benzene rings is 2. The fraction of sp³-hybridized carbons (Fsp3) is 0.407. The van der Waals surface area contributed by atoms with Crippen LogP contribution in [0.5, 0.6) is 0 Å². The Morgan fingerprint density at radius 3 is 2.14 bits per heavy atom. The van der Waals surface area contributed by atoms with Gasteiger partial charge in [0.1, 0.15) is 12.6 Å². The molecule has 0 heterocycles. The van der Waals surface area contributed by atoms with Gasteiger partial charge in [-0.05, 0) is 29.5 Å². The molecule has 0 spiro atoms. The van der Waals surface area contributed by atoms with Gasteiger partial charge in [0.05, 0.1) is 6.54 Å². The molecule has 0 saturated carbocycles. The number of nitrogens with zero attached hydrogens (tertiary/aromatic N) is 1. The van der Waals surface area contributed by atoms with Gasteiger partial charge in [0, 0.05) is 19.9 Å². The zero-order valence-corrected chi connectivity index (χ0v) is 21.6. The van der Waals surface area contributed by atoms with E-state index in [1.54, 1.807) is 13.8 Å². The van der Waals surface area contributed by atoms with E-state index in [0.29, 0.717) is 0 Å². The molecular weight excluding hydrogens is 478 g/mol. The highest BCUT2D eigenvalue weighted by molar-refractivity contribution is 5.88. The van der Waals surface area contributed by atoms with Gasteiger partial charge in [-0.25, -0.2) is 14.4 Å². The number of carboxylic acids is 1. The number of ether oxygens (including phenoxy) is 1. The molecule has 0 radical (unpaired) electrons. The van der Waals surface area contributed by atoms with E-state index in [1.807, 2.05) is 54.6 Å². The van der Waals surface area contributed by atoms with Gasteiger partial charge in [-0.15, -0.1) is 0 Å². The Kier molecular flexibility index (Phi) is 10.6. The lowest BCUT2D eigenvalue weighted by Crippen LogP contribution is -2.61. The summed E-state index contributed by atoms with van der Waals surface area (Å²) in [5.41, 5.74) is 0.232. The van der Waals surface area contributed by atoms with Gasteiger partial charge < -0.3 is 25.6 Å². The summed E-state index contributed by atoms with van der Waals surface area (Å²) >= 11 is 0. The molecule has 2 aromatic rings. The number of nitrogens with one attached hydrogen (secondary N) is 2. The van der Waals surface area contributed by atoms with E-state index in [2.05, 4.69) is 10.6 Å². The highest BCUT2D eigenvalue weighted by Crippen LogP contribution is 2.20. The number of carboxylic acid groups (broad SMARTS) is 1. The topological polar surface area (TPSA) is 145 Å². The summed E-state index contributed by atoms with van der Waals surface area (Å²) in [4.78, 5) is 49.5. The van der Waals surface area contributed by atoms with Crippen molar-refractivity contribution in [3.05, 3.63) is 60.2 Å². The van der Waals surface area contributed by atoms with Crippen molar-refractivity contribution in [1.29, 1.82) is 0 Å². The van der Waals surface area contributed by atoms with Gasteiger partial charge in [0.2, 0.25) is 11.6 Å². The molecule has 2 rings (SSSR count). The van der Waals surface area contributed by atoms with Crippen molar-refractivity contribution < 1.29 is 34.1 Å². The molecule has 200 valence electrons. The third kappa shape index (κ3) is 8.91. The molecule has 2 aromatic carbocycles. The first-order valence-electron chi connectivity index (χ1n) is 12.0. The second kappa shape index (κ2) is 13.4. The van der Waals surface area contributed by atoms with E-state index in [-0.39, 0.29) is 37.9 Å². The highest BCUT2D eigenvalue weighted by Gasteiger charge is 2.42. The Hall–Kier alpha value is -3.92. The minimum Gasteiger partial charge on any atom is -0.478 e. The Bertz CT molecular complexity index is 1070. The van der Waals surface area contributed by atoms with Crippen molar-refractivity contribution in [3.8, 4) is 11.1 Å². The largest absolute Gasteiger partial charge is 0.478 e. The first-order valence-corrected chi connectivity index (χ1v) is 12.0. The Morgan fingerprint density at radius 1 is 1.00 bits per heavy atom. The molecule has 0 saturated heterocycles. The van der Waals surface area contributed by atoms with E-state index in [9.17, 15) is 29.4 Å². The molecule has 2 atom stereocenters. The molecular formula is C27H35N3O7. The zero-order chi connectivity index (χ0) is 27.6. The molecule has 0 aliphatic rings. The quantitative estimate of drug-likeness (QED) is 0.194. The van der Waals surface area contributed by atoms with Gasteiger partial charge in [-0.3, -0.25) is 9.69 Å². The van der Waals surface area contributed by atoms with Crippen molar-refractivity contribution >= 4 is 23.9 Å². The van der Waals surface area contributed by atoms with Crippen LogP contribution in [-0.2, 0) is 25.5 Å². The average molecular weight is 514 g/mol. The van der Waals surface area contributed by atoms with Crippen molar-refractivity contribution in [2.75, 3.05) is 19.7 Å². The number of esters is 1. The van der Waals surface area contributed by atoms with Gasteiger partial charge in [-0.2, -0.15) is 0 Å². The lowest BCUT2D eigenvalue weighted by atomic mass is 10.0. The number of aliphatic hydroxyl groups is 1. The first kappa shape index (κ1) is 29.3. The number of hydrogen-bond donors (Lipinski definition) is 4. The summed E-state index contributed by atoms with van der Waals surface area (Å²) in [5.74, 6) is -2.80. The maximum atomic E-state index is 13.1. The fourth-order valence-corrected chi connectivity index (χ4v) is 3.54. The lowest BCUT2D eigenvalue weighted by Gasteiger charge is -2.35. The third-order valence-corrected chi connectivity index (χ3v) is 5.53. The monoisotopic (exact) mass is 513 g/mol. The molecule has 37 heavy (non-hydrogen) atoms. The summed E-state index contributed by atoms with van der Waals surface area (Å²) < 4.78 is 5.25. The number of amides is 3. The lowest BCUT2D eigenvalue weighted by molar-refractivity contribution is -0.173. The molecule has 0 aliphatic carbocycles. The molecule has 4 N–H and O–H groups in total. The Labute approximate surface area is 216 Å². The van der Waals surface area contributed by atoms with Gasteiger partial charge in [0.15, 0.2) is 0 Å². The molecule has 2 unspecified atom stereocenters. The normalized spacial score (nSPS) is 13.2. The van der Waals surface area contributed by atoms with Crippen molar-refractivity contribution in [2.24, 2.45) is 5.92 Å². The summed E-state index contributed by atoms with van der Waals surface area (Å²) in [6.07, 6.45) is 0.0600. The summed E-state index contributed by atoms with van der Waals surface area (Å²) in [5, 5.41) is 25.0. The van der Waals surface area contributed by atoms with Crippen LogP contribution in [0.2, 0.25) is 0 Å². The molecule has 0 aliphatic heterocycles. The predicted octanol–water partition coefficient (Wildman–Crippen LogP) is 2.40. The van der Waals surface area contributed by atoms with Crippen LogP contribution >= 0.6 is 0 Å². The molecule has 0 fully saturated rings. The van der Waals surface area contributed by atoms with E-state index in [4.69, 9.17) is 4.74 Å². The van der Waals surface area contributed by atoms with Gasteiger partial charge in [0.25, 0.3) is 0 Å². The number of rotatable bonds is 12. The van der Waals surface area contributed by atoms with Crippen LogP contribution in [0.25, 0.3) is 11.1 Å². The number of carbonyl (C=O) groups excluding carboxylic acids is 3. The van der Waals surface area contributed by atoms with E-state index < -0.39 is 29.7 Å². The number of hydrogen-bond acceptors (Lipinski definition) is 6. The van der Waals surface area contributed by atoms with Crippen LogP contribution < -0.4 is 10.6 Å². The summed E-state index contributed by atoms with van der Waals surface area (Å²) in [7, 11) is 0. The fourth-order valence-electron chi connectivity index (χ4n) is 3.54. The Balaban J connectivity index is 2.24. The van der Waals surface area contributed by atoms with Crippen molar-refractivity contribution in [2.45, 2.75) is 45.9 Å². The minimum absolute atomic E-state index is 0.0600. The molecule has 10 heteroatoms. The Morgan fingerprint density at radius 2 is 1.59 bits per heavy atom. The van der Waals surface area contributed by atoms with Gasteiger partial charge >= 0.3 is 18.0 Å². The molecule has 3 amide bonds. The van der Waals surface area contributed by atoms with Crippen LogP contribution in [-0.4, -0.2) is 70.5 Å². The average Bonchev–Trinajstić information content (AvgIpc) is 2.85. The van der Waals surface area contributed by atoms with Crippen LogP contribution in [0.4, 0.5) is 4.79 Å². The number of aliphatic carboxylic acids is 1. The molecule has 0 aromatic heterocycles. The minimum atomic E-state index is -2.49. The van der Waals surface area contributed by atoms with E-state index in [0.717, 1.165) is 28.5 Å². The second-order valence-electron chi connectivity index (χ2n) is 9.25. The summed E-state index contributed by atoms with van der Waals surface area (Å²) in [6, 6.07) is 15.1. The third-order valence-electron chi connectivity index (χ3n) is 5.53. The maximum absolute atomic E-state index is 13.1. The number of carbonyl (C=O) groups is 4. The van der Waals surface area contributed by atoms with Crippen LogP contribution in [0.1, 0.15) is 33.3 Å². The second-order valence-corrected chi connectivity index (χ2v) is 9.25. The van der Waals surface area contributed by atoms with Crippen LogP contribution in [0, 0.1) is 5.92 Å². The standard InChI is InChI=1S/C27H35N3O7/c1-18(2)17-30(27(4,36)25(33)34)26(35)29-23(24(32)37-15-14-28-19(3)31)16-20-10-12-22(13-11-20)21-8-6-5-7-9-21/h5-13,18,23,36H,14-17H2,1-4H3,(H,28,31)(H,29,35)(H,33,34). The van der Waals surface area contributed by atoms with E-state index in [1.165, 1.54) is 6.92 Å². The van der Waals surface area contributed by atoms with Crippen molar-refractivity contribution in [3.63, 3.8) is 0 Å². The maximum Gasteiger partial charge on any atom is 0.357 e. The summed E-state index contributed by atoms with van der Waals surface area (Å²) in [6.45, 7) is 5.78. The zero-order valence-electron chi connectivity index (χ0n) is 21.6. The van der Waals surface area contributed by atoms with Crippen LogP contribution in [0.3, 0.4) is 0 Å². The number of urea groups is 1. The van der Waals surface area contributed by atoms with E-state index >= 15 is 0 Å². The SMILES string of the molecule is CC(=O)NCCOC(=O)C(Cc1ccc(-c2ccccc2)cc1)NC(=O)N(CC(C)C)C(C)(O)C(=O)O. The van der Waals surface area contributed by atoms with Crippen LogP contribution in [0.15, 0.2) is 54.6 Å². The molecule has 10 nitrogen and oxygen atoms in total.